The Morgan fingerprint density at radius 2 is 2.00 bits per heavy atom. The van der Waals surface area contributed by atoms with Gasteiger partial charge in [-0.25, -0.2) is 17.5 Å². The van der Waals surface area contributed by atoms with Crippen molar-refractivity contribution in [2.45, 2.75) is 30.8 Å². The topological polar surface area (TPSA) is 67.4 Å². The largest absolute Gasteiger partial charge is 0.383 e. The third-order valence-corrected chi connectivity index (χ3v) is 4.38. The van der Waals surface area contributed by atoms with Gasteiger partial charge in [-0.05, 0) is 38.6 Å². The van der Waals surface area contributed by atoms with Crippen LogP contribution in [0, 0.1) is 5.82 Å². The van der Waals surface area contributed by atoms with Gasteiger partial charge in [0.05, 0.1) is 17.0 Å². The number of sulfonamides is 1. The molecular formula is C13H21FN2O3S. The van der Waals surface area contributed by atoms with Crippen LogP contribution in [-0.2, 0) is 21.3 Å². The van der Waals surface area contributed by atoms with Gasteiger partial charge in [-0.2, -0.15) is 0 Å². The lowest BCUT2D eigenvalue weighted by Crippen LogP contribution is -2.46. The van der Waals surface area contributed by atoms with Gasteiger partial charge in [-0.15, -0.1) is 0 Å². The zero-order chi connectivity index (χ0) is 15.4. The van der Waals surface area contributed by atoms with Crippen LogP contribution in [0.3, 0.4) is 0 Å². The minimum absolute atomic E-state index is 0.0592. The van der Waals surface area contributed by atoms with Crippen molar-refractivity contribution >= 4 is 10.0 Å². The lowest BCUT2D eigenvalue weighted by atomic mass is 10.1. The summed E-state index contributed by atoms with van der Waals surface area (Å²) in [5, 5.41) is 2.86. The van der Waals surface area contributed by atoms with E-state index in [9.17, 15) is 12.8 Å². The highest BCUT2D eigenvalue weighted by atomic mass is 32.2. The first-order valence-electron chi connectivity index (χ1n) is 6.18. The maximum Gasteiger partial charge on any atom is 0.241 e. The SMILES string of the molecule is CNCc1ccc(F)cc1S(=O)(=O)NC(C)(C)COC. The summed E-state index contributed by atoms with van der Waals surface area (Å²) >= 11 is 0. The molecule has 0 heterocycles. The molecule has 1 aromatic rings. The minimum Gasteiger partial charge on any atom is -0.383 e. The Hall–Kier alpha value is -1.02. The predicted molar refractivity (Wildman–Crippen MR) is 75.4 cm³/mol. The normalized spacial score (nSPS) is 12.7. The maximum absolute atomic E-state index is 13.4. The molecule has 0 amide bonds. The van der Waals surface area contributed by atoms with Crippen LogP contribution in [0.5, 0.6) is 0 Å². The highest BCUT2D eigenvalue weighted by Gasteiger charge is 2.28. The lowest BCUT2D eigenvalue weighted by molar-refractivity contribution is 0.141. The Morgan fingerprint density at radius 1 is 1.35 bits per heavy atom. The van der Waals surface area contributed by atoms with Crippen LogP contribution in [0.15, 0.2) is 23.1 Å². The molecule has 0 aromatic heterocycles. The molecule has 20 heavy (non-hydrogen) atoms. The predicted octanol–water partition coefficient (Wildman–Crippen LogP) is 1.25. The van der Waals surface area contributed by atoms with E-state index in [-0.39, 0.29) is 11.5 Å². The first kappa shape index (κ1) is 17.0. The first-order chi connectivity index (χ1) is 9.22. The molecule has 0 spiro atoms. The van der Waals surface area contributed by atoms with Gasteiger partial charge in [-0.3, -0.25) is 0 Å². The average molecular weight is 304 g/mol. The Morgan fingerprint density at radius 3 is 2.55 bits per heavy atom. The molecule has 0 atom stereocenters. The fourth-order valence-electron chi connectivity index (χ4n) is 1.92. The number of ether oxygens (including phenoxy) is 1. The van der Waals surface area contributed by atoms with Gasteiger partial charge in [0.1, 0.15) is 5.82 Å². The van der Waals surface area contributed by atoms with Crippen molar-refractivity contribution in [2.24, 2.45) is 0 Å². The van der Waals surface area contributed by atoms with Gasteiger partial charge in [0.25, 0.3) is 0 Å². The summed E-state index contributed by atoms with van der Waals surface area (Å²) in [7, 11) is -0.638. The van der Waals surface area contributed by atoms with Crippen LogP contribution in [0.25, 0.3) is 0 Å². The molecule has 0 aliphatic heterocycles. The number of benzene rings is 1. The Labute approximate surface area is 119 Å². The molecular weight excluding hydrogens is 283 g/mol. The van der Waals surface area contributed by atoms with E-state index in [1.807, 2.05) is 0 Å². The van der Waals surface area contributed by atoms with E-state index < -0.39 is 21.4 Å². The minimum atomic E-state index is -3.83. The summed E-state index contributed by atoms with van der Waals surface area (Å²) in [6, 6.07) is 3.73. The molecule has 2 N–H and O–H groups in total. The molecule has 1 aromatic carbocycles. The second-order valence-electron chi connectivity index (χ2n) is 5.20. The smallest absolute Gasteiger partial charge is 0.241 e. The van der Waals surface area contributed by atoms with Gasteiger partial charge >= 0.3 is 0 Å². The van der Waals surface area contributed by atoms with E-state index in [0.29, 0.717) is 12.1 Å². The number of hydrogen-bond donors (Lipinski definition) is 2. The van der Waals surface area contributed by atoms with Crippen molar-refractivity contribution in [3.63, 3.8) is 0 Å². The summed E-state index contributed by atoms with van der Waals surface area (Å²) < 4.78 is 45.7. The van der Waals surface area contributed by atoms with Crippen LogP contribution in [0.2, 0.25) is 0 Å². The van der Waals surface area contributed by atoms with Crippen molar-refractivity contribution in [2.75, 3.05) is 20.8 Å². The third-order valence-electron chi connectivity index (χ3n) is 2.60. The summed E-state index contributed by atoms with van der Waals surface area (Å²) in [4.78, 5) is -0.0592. The van der Waals surface area contributed by atoms with E-state index in [1.165, 1.54) is 19.2 Å². The molecule has 1 rings (SSSR count). The van der Waals surface area contributed by atoms with Crippen molar-refractivity contribution in [3.8, 4) is 0 Å². The molecule has 0 saturated heterocycles. The van der Waals surface area contributed by atoms with E-state index >= 15 is 0 Å². The molecule has 5 nitrogen and oxygen atoms in total. The highest BCUT2D eigenvalue weighted by Crippen LogP contribution is 2.19. The van der Waals surface area contributed by atoms with Crippen molar-refractivity contribution in [3.05, 3.63) is 29.6 Å². The number of rotatable bonds is 7. The fourth-order valence-corrected chi connectivity index (χ4v) is 3.57. The summed E-state index contributed by atoms with van der Waals surface area (Å²) in [6.45, 7) is 3.94. The van der Waals surface area contributed by atoms with E-state index in [0.717, 1.165) is 6.07 Å². The molecule has 0 fully saturated rings. The van der Waals surface area contributed by atoms with Crippen LogP contribution < -0.4 is 10.0 Å². The number of methoxy groups -OCH3 is 1. The summed E-state index contributed by atoms with van der Waals surface area (Å²) in [5.74, 6) is -0.588. The molecule has 0 aliphatic rings. The Bertz CT molecular complexity index is 559. The molecule has 0 radical (unpaired) electrons. The van der Waals surface area contributed by atoms with Crippen LogP contribution >= 0.6 is 0 Å². The summed E-state index contributed by atoms with van der Waals surface area (Å²) in [5.41, 5.74) is -0.272. The van der Waals surface area contributed by atoms with Gasteiger partial charge in [0.15, 0.2) is 0 Å². The Kier molecular flexibility index (Phi) is 5.64. The van der Waals surface area contributed by atoms with Crippen LogP contribution in [0.1, 0.15) is 19.4 Å². The summed E-state index contributed by atoms with van der Waals surface area (Å²) in [6.07, 6.45) is 0. The van der Waals surface area contributed by atoms with Gasteiger partial charge < -0.3 is 10.1 Å². The van der Waals surface area contributed by atoms with Crippen LogP contribution in [0.4, 0.5) is 4.39 Å². The molecule has 0 saturated carbocycles. The van der Waals surface area contributed by atoms with E-state index in [4.69, 9.17) is 4.74 Å². The lowest BCUT2D eigenvalue weighted by Gasteiger charge is -2.25. The Balaban J connectivity index is 3.17. The quantitative estimate of drug-likeness (QED) is 0.795. The fraction of sp³-hybridized carbons (Fsp3) is 0.538. The van der Waals surface area contributed by atoms with E-state index in [1.54, 1.807) is 20.9 Å². The second-order valence-corrected chi connectivity index (χ2v) is 6.86. The number of nitrogens with one attached hydrogen (secondary N) is 2. The molecule has 7 heteroatoms. The van der Waals surface area contributed by atoms with Gasteiger partial charge in [0, 0.05) is 13.7 Å². The van der Waals surface area contributed by atoms with Crippen molar-refractivity contribution in [1.82, 2.24) is 10.0 Å². The standard InChI is InChI=1S/C13H21FN2O3S/c1-13(2,9-19-4)16-20(17,18)12-7-11(14)6-5-10(12)8-15-3/h5-7,15-16H,8-9H2,1-4H3. The van der Waals surface area contributed by atoms with Gasteiger partial charge in [0.2, 0.25) is 10.0 Å². The zero-order valence-electron chi connectivity index (χ0n) is 12.2. The van der Waals surface area contributed by atoms with Gasteiger partial charge in [-0.1, -0.05) is 6.07 Å². The second kappa shape index (κ2) is 6.62. The van der Waals surface area contributed by atoms with Crippen molar-refractivity contribution < 1.29 is 17.5 Å². The monoisotopic (exact) mass is 304 g/mol. The zero-order valence-corrected chi connectivity index (χ0v) is 13.0. The molecule has 0 bridgehead atoms. The molecule has 0 unspecified atom stereocenters. The van der Waals surface area contributed by atoms with Crippen LogP contribution in [-0.4, -0.2) is 34.7 Å². The van der Waals surface area contributed by atoms with Crippen molar-refractivity contribution in [1.29, 1.82) is 0 Å². The number of halogens is 1. The first-order valence-corrected chi connectivity index (χ1v) is 7.66. The highest BCUT2D eigenvalue weighted by molar-refractivity contribution is 7.89. The van der Waals surface area contributed by atoms with E-state index in [2.05, 4.69) is 10.0 Å². The average Bonchev–Trinajstić information content (AvgIpc) is 2.30. The molecule has 0 aliphatic carbocycles. The maximum atomic E-state index is 13.4. The number of hydrogen-bond acceptors (Lipinski definition) is 4. The third kappa shape index (κ3) is 4.52. The molecule has 114 valence electrons.